The van der Waals surface area contributed by atoms with Crippen LogP contribution < -0.4 is 10.6 Å². The van der Waals surface area contributed by atoms with Crippen molar-refractivity contribution in [3.63, 3.8) is 0 Å². The summed E-state index contributed by atoms with van der Waals surface area (Å²) in [5.74, 6) is 1.75. The summed E-state index contributed by atoms with van der Waals surface area (Å²) in [5.41, 5.74) is 0.860. The zero-order valence-corrected chi connectivity index (χ0v) is 17.0. The number of aromatic nitrogens is 2. The van der Waals surface area contributed by atoms with Crippen LogP contribution in [0.1, 0.15) is 18.7 Å². The van der Waals surface area contributed by atoms with Crippen LogP contribution in [0.25, 0.3) is 11.4 Å². The molecule has 3 rings (SSSR count). The normalized spacial score (nSPS) is 15.5. The second-order valence-corrected chi connectivity index (χ2v) is 5.91. The smallest absolute Gasteiger partial charge is 0.246 e. The summed E-state index contributed by atoms with van der Waals surface area (Å²) in [7, 11) is 1.74. The van der Waals surface area contributed by atoms with Gasteiger partial charge in [0, 0.05) is 36.9 Å². The van der Waals surface area contributed by atoms with Crippen molar-refractivity contribution in [2.45, 2.75) is 25.4 Å². The molecule has 1 aromatic heterocycles. The number of halogens is 2. The first-order chi connectivity index (χ1) is 11.7. The van der Waals surface area contributed by atoms with Gasteiger partial charge in [0.15, 0.2) is 5.96 Å². The molecule has 0 unspecified atom stereocenters. The monoisotopic (exact) mass is 477 g/mol. The number of hydrogen-bond donors (Lipinski definition) is 2. The van der Waals surface area contributed by atoms with Crippen LogP contribution in [0.2, 0.25) is 5.02 Å². The van der Waals surface area contributed by atoms with Gasteiger partial charge in [-0.3, -0.25) is 4.99 Å². The Morgan fingerprint density at radius 3 is 2.68 bits per heavy atom. The number of nitrogens with one attached hydrogen (secondary N) is 2. The number of hydrogen-bond acceptors (Lipinski definition) is 5. The highest BCUT2D eigenvalue weighted by molar-refractivity contribution is 14.0. The van der Waals surface area contributed by atoms with Crippen LogP contribution in [0.3, 0.4) is 0 Å². The van der Waals surface area contributed by atoms with Gasteiger partial charge in [0.05, 0.1) is 6.54 Å². The Morgan fingerprint density at radius 1 is 1.28 bits per heavy atom. The summed E-state index contributed by atoms with van der Waals surface area (Å²) in [4.78, 5) is 8.60. The largest absolute Gasteiger partial charge is 0.381 e. The van der Waals surface area contributed by atoms with Gasteiger partial charge >= 0.3 is 0 Å². The summed E-state index contributed by atoms with van der Waals surface area (Å²) in [5, 5.41) is 11.2. The zero-order valence-electron chi connectivity index (χ0n) is 13.9. The van der Waals surface area contributed by atoms with Crippen LogP contribution in [0, 0.1) is 0 Å². The van der Waals surface area contributed by atoms with E-state index in [4.69, 9.17) is 20.9 Å². The summed E-state index contributed by atoms with van der Waals surface area (Å²) in [6.45, 7) is 1.97. The molecule has 25 heavy (non-hydrogen) atoms. The molecule has 0 radical (unpaired) electrons. The molecule has 9 heteroatoms. The minimum absolute atomic E-state index is 0. The van der Waals surface area contributed by atoms with E-state index in [9.17, 15) is 0 Å². The number of benzene rings is 1. The Labute approximate surface area is 168 Å². The molecule has 0 saturated carbocycles. The first-order valence-corrected chi connectivity index (χ1v) is 8.26. The minimum Gasteiger partial charge on any atom is -0.381 e. The van der Waals surface area contributed by atoms with Crippen molar-refractivity contribution in [2.75, 3.05) is 20.3 Å². The highest BCUT2D eigenvalue weighted by Gasteiger charge is 2.15. The molecule has 1 aromatic carbocycles. The molecule has 7 nitrogen and oxygen atoms in total. The van der Waals surface area contributed by atoms with Gasteiger partial charge in [0.2, 0.25) is 11.7 Å². The summed E-state index contributed by atoms with van der Waals surface area (Å²) in [6.07, 6.45) is 1.95. The first kappa shape index (κ1) is 19.9. The molecule has 0 bridgehead atoms. The maximum atomic E-state index is 5.88. The maximum Gasteiger partial charge on any atom is 0.246 e. The van der Waals surface area contributed by atoms with Crippen LogP contribution in [0.4, 0.5) is 0 Å². The maximum absolute atomic E-state index is 5.88. The standard InChI is InChI=1S/C16H20ClN5O2.HI/c1-18-16(20-13-6-8-23-9-7-13)19-10-14-21-15(22-24-14)11-2-4-12(17)5-3-11;/h2-5,13H,6-10H2,1H3,(H2,18,19,20);1H. The average molecular weight is 478 g/mol. The molecule has 0 spiro atoms. The molecule has 2 N–H and O–H groups in total. The third-order valence-electron chi connectivity index (χ3n) is 3.76. The van der Waals surface area contributed by atoms with Gasteiger partial charge in [-0.05, 0) is 37.1 Å². The average Bonchev–Trinajstić information content (AvgIpc) is 3.09. The molecule has 136 valence electrons. The van der Waals surface area contributed by atoms with Crippen molar-refractivity contribution < 1.29 is 9.26 Å². The fraction of sp³-hybridized carbons (Fsp3) is 0.438. The topological polar surface area (TPSA) is 84.6 Å². The third-order valence-corrected chi connectivity index (χ3v) is 4.02. The second-order valence-electron chi connectivity index (χ2n) is 5.48. The third kappa shape index (κ3) is 5.82. The lowest BCUT2D eigenvalue weighted by atomic mass is 10.1. The van der Waals surface area contributed by atoms with E-state index in [1.807, 2.05) is 12.1 Å². The molecular weight excluding hydrogens is 457 g/mol. The molecule has 1 fully saturated rings. The molecular formula is C16H21ClIN5O2. The number of ether oxygens (including phenoxy) is 1. The number of rotatable bonds is 4. The molecule has 0 aliphatic carbocycles. The molecule has 1 aliphatic heterocycles. The summed E-state index contributed by atoms with van der Waals surface area (Å²) < 4.78 is 10.6. The van der Waals surface area contributed by atoms with Crippen LogP contribution >= 0.6 is 35.6 Å². The van der Waals surface area contributed by atoms with Crippen molar-refractivity contribution in [2.24, 2.45) is 4.99 Å². The van der Waals surface area contributed by atoms with Crippen LogP contribution in [-0.2, 0) is 11.3 Å². The fourth-order valence-electron chi connectivity index (χ4n) is 2.43. The quantitative estimate of drug-likeness (QED) is 0.400. The van der Waals surface area contributed by atoms with Crippen LogP contribution in [-0.4, -0.2) is 42.4 Å². The van der Waals surface area contributed by atoms with Gasteiger partial charge < -0.3 is 19.9 Å². The Hall–Kier alpha value is -1.39. The Balaban J connectivity index is 0.00000225. The Kier molecular flexibility index (Phi) is 7.91. The minimum atomic E-state index is 0. The van der Waals surface area contributed by atoms with E-state index in [0.29, 0.717) is 35.3 Å². The van der Waals surface area contributed by atoms with E-state index in [1.165, 1.54) is 0 Å². The lowest BCUT2D eigenvalue weighted by Gasteiger charge is -2.24. The summed E-state index contributed by atoms with van der Waals surface area (Å²) >= 11 is 5.88. The highest BCUT2D eigenvalue weighted by atomic mass is 127. The molecule has 1 aliphatic rings. The van der Waals surface area contributed by atoms with Crippen LogP contribution in [0.15, 0.2) is 33.8 Å². The number of aliphatic imine (C=N–C) groups is 1. The van der Waals surface area contributed by atoms with Gasteiger partial charge in [-0.1, -0.05) is 16.8 Å². The van der Waals surface area contributed by atoms with Crippen molar-refractivity contribution in [1.82, 2.24) is 20.8 Å². The number of nitrogens with zero attached hydrogens (tertiary/aromatic N) is 3. The van der Waals surface area contributed by atoms with Gasteiger partial charge in [-0.15, -0.1) is 24.0 Å². The van der Waals surface area contributed by atoms with E-state index in [0.717, 1.165) is 31.6 Å². The molecule has 1 saturated heterocycles. The fourth-order valence-corrected chi connectivity index (χ4v) is 2.56. The Bertz CT molecular complexity index is 686. The van der Waals surface area contributed by atoms with E-state index >= 15 is 0 Å². The van der Waals surface area contributed by atoms with Gasteiger partial charge in [0.25, 0.3) is 0 Å². The van der Waals surface area contributed by atoms with Gasteiger partial charge in [-0.25, -0.2) is 0 Å². The van der Waals surface area contributed by atoms with Crippen molar-refractivity contribution in [3.05, 3.63) is 35.2 Å². The molecule has 0 amide bonds. The number of guanidine groups is 1. The zero-order chi connectivity index (χ0) is 16.8. The summed E-state index contributed by atoms with van der Waals surface area (Å²) in [6, 6.07) is 7.68. The first-order valence-electron chi connectivity index (χ1n) is 7.88. The van der Waals surface area contributed by atoms with E-state index in [1.54, 1.807) is 19.2 Å². The van der Waals surface area contributed by atoms with E-state index in [2.05, 4.69) is 25.8 Å². The predicted octanol–water partition coefficient (Wildman–Crippen LogP) is 2.85. The van der Waals surface area contributed by atoms with Crippen molar-refractivity contribution >= 4 is 41.5 Å². The highest BCUT2D eigenvalue weighted by Crippen LogP contribution is 2.18. The van der Waals surface area contributed by atoms with Gasteiger partial charge in [-0.2, -0.15) is 4.98 Å². The van der Waals surface area contributed by atoms with Crippen molar-refractivity contribution in [3.8, 4) is 11.4 Å². The Morgan fingerprint density at radius 2 is 2.00 bits per heavy atom. The molecule has 0 atom stereocenters. The molecule has 2 aromatic rings. The predicted molar refractivity (Wildman–Crippen MR) is 107 cm³/mol. The lowest BCUT2D eigenvalue weighted by molar-refractivity contribution is 0.0822. The van der Waals surface area contributed by atoms with Crippen molar-refractivity contribution in [1.29, 1.82) is 0 Å². The van der Waals surface area contributed by atoms with Crippen LogP contribution in [0.5, 0.6) is 0 Å². The second kappa shape index (κ2) is 9.93. The SMILES string of the molecule is CN=C(NCc1nc(-c2ccc(Cl)cc2)no1)NC1CCOCC1.I. The van der Waals surface area contributed by atoms with Gasteiger partial charge in [0.1, 0.15) is 0 Å². The van der Waals surface area contributed by atoms with E-state index < -0.39 is 0 Å². The lowest BCUT2D eigenvalue weighted by Crippen LogP contribution is -2.45. The molecule has 2 heterocycles. The van der Waals surface area contributed by atoms with E-state index in [-0.39, 0.29) is 24.0 Å².